The number of nitrogens with two attached hydrogens (primary N) is 1. The van der Waals surface area contributed by atoms with E-state index in [1.165, 1.54) is 36.4 Å². The van der Waals surface area contributed by atoms with E-state index in [4.69, 9.17) is 5.73 Å². The molecule has 0 amide bonds. The summed E-state index contributed by atoms with van der Waals surface area (Å²) in [5.41, 5.74) is 6.28. The summed E-state index contributed by atoms with van der Waals surface area (Å²) < 4.78 is 39.2. The lowest BCUT2D eigenvalue weighted by atomic mass is 10.1. The third-order valence-electron chi connectivity index (χ3n) is 2.51. The Hall–Kier alpha value is -1.69. The van der Waals surface area contributed by atoms with Crippen molar-refractivity contribution >= 4 is 33.0 Å². The van der Waals surface area contributed by atoms with Gasteiger partial charge in [-0.05, 0) is 52.3 Å². The molecule has 6 heteroatoms. The van der Waals surface area contributed by atoms with Crippen LogP contribution in [-0.4, -0.2) is 0 Å². The predicted molar refractivity (Wildman–Crippen MR) is 73.2 cm³/mol. The van der Waals surface area contributed by atoms with Gasteiger partial charge in [0, 0.05) is 21.4 Å². The number of nitrogen functional groups attached to an aromatic ring is 1. The molecule has 0 aliphatic heterocycles. The monoisotopic (exact) mass is 330 g/mol. The maximum Gasteiger partial charge on any atom is 0.265 e. The van der Waals surface area contributed by atoms with Crippen LogP contribution >= 0.6 is 15.9 Å². The summed E-state index contributed by atoms with van der Waals surface area (Å²) in [4.78, 5) is 0. The van der Waals surface area contributed by atoms with E-state index in [-0.39, 0.29) is 16.9 Å². The van der Waals surface area contributed by atoms with Crippen LogP contribution in [0, 0.1) is 5.82 Å². The highest BCUT2D eigenvalue weighted by molar-refractivity contribution is 9.10. The van der Waals surface area contributed by atoms with E-state index >= 15 is 0 Å². The van der Waals surface area contributed by atoms with E-state index in [1.54, 1.807) is 0 Å². The van der Waals surface area contributed by atoms with E-state index in [0.717, 1.165) is 0 Å². The van der Waals surface area contributed by atoms with Gasteiger partial charge >= 0.3 is 0 Å². The van der Waals surface area contributed by atoms with Crippen molar-refractivity contribution in [1.29, 1.82) is 0 Å². The summed E-state index contributed by atoms with van der Waals surface area (Å²) >= 11 is 3.17. The van der Waals surface area contributed by atoms with Gasteiger partial charge in [-0.2, -0.15) is 0 Å². The van der Waals surface area contributed by atoms with Crippen molar-refractivity contribution in [3.05, 3.63) is 52.3 Å². The molecular weight excluding hydrogens is 321 g/mol. The number of alkyl halides is 2. The fraction of sp³-hybridized carbons (Fsp3) is 0.0769. The third-order valence-corrected chi connectivity index (χ3v) is 3.17. The Morgan fingerprint density at radius 1 is 1.05 bits per heavy atom. The van der Waals surface area contributed by atoms with Crippen molar-refractivity contribution in [3.8, 4) is 0 Å². The van der Waals surface area contributed by atoms with E-state index in [9.17, 15) is 13.2 Å². The Bertz CT molecular complexity index is 602. The molecule has 0 aliphatic carbocycles. The topological polar surface area (TPSA) is 38.0 Å². The summed E-state index contributed by atoms with van der Waals surface area (Å²) in [6.07, 6.45) is -2.65. The van der Waals surface area contributed by atoms with Crippen LogP contribution in [0.15, 0.2) is 40.9 Å². The second kappa shape index (κ2) is 5.52. The zero-order valence-corrected chi connectivity index (χ0v) is 11.2. The molecule has 0 fully saturated rings. The van der Waals surface area contributed by atoms with Crippen LogP contribution in [0.5, 0.6) is 0 Å². The van der Waals surface area contributed by atoms with Gasteiger partial charge in [0.15, 0.2) is 0 Å². The largest absolute Gasteiger partial charge is 0.399 e. The second-order valence-electron chi connectivity index (χ2n) is 3.90. The quantitative estimate of drug-likeness (QED) is 0.789. The summed E-state index contributed by atoms with van der Waals surface area (Å²) in [6.45, 7) is 0. The Morgan fingerprint density at radius 3 is 2.37 bits per heavy atom. The van der Waals surface area contributed by atoms with Crippen LogP contribution in [-0.2, 0) is 0 Å². The van der Waals surface area contributed by atoms with Gasteiger partial charge in [-0.25, -0.2) is 13.2 Å². The average Bonchev–Trinajstić information content (AvgIpc) is 2.34. The molecule has 0 radical (unpaired) electrons. The maximum absolute atomic E-state index is 13.0. The van der Waals surface area contributed by atoms with Crippen LogP contribution in [0.25, 0.3) is 0 Å². The maximum atomic E-state index is 13.0. The first kappa shape index (κ1) is 13.7. The van der Waals surface area contributed by atoms with Gasteiger partial charge < -0.3 is 11.1 Å². The standard InChI is InChI=1S/C13H10BrF3N2/c14-10-5-7(15)1-3-12(10)19-11-4-2-8(18)6-9(11)13(16)17/h1-6,13,19H,18H2. The van der Waals surface area contributed by atoms with Crippen LogP contribution < -0.4 is 11.1 Å². The number of nitrogens with one attached hydrogen (secondary N) is 1. The van der Waals surface area contributed by atoms with Crippen molar-refractivity contribution in [2.45, 2.75) is 6.43 Å². The number of rotatable bonds is 3. The minimum absolute atomic E-state index is 0.198. The summed E-state index contributed by atoms with van der Waals surface area (Å²) in [7, 11) is 0. The molecule has 0 aromatic heterocycles. The molecule has 19 heavy (non-hydrogen) atoms. The molecule has 2 aromatic rings. The predicted octanol–water partition coefficient (Wildman–Crippen LogP) is 4.85. The van der Waals surface area contributed by atoms with Crippen LogP contribution in [0.4, 0.5) is 30.2 Å². The van der Waals surface area contributed by atoms with E-state index in [1.807, 2.05) is 0 Å². The fourth-order valence-electron chi connectivity index (χ4n) is 1.61. The number of benzene rings is 2. The lowest BCUT2D eigenvalue weighted by Gasteiger charge is -2.13. The Labute approximate surface area is 116 Å². The van der Waals surface area contributed by atoms with Crippen LogP contribution in [0.3, 0.4) is 0 Å². The van der Waals surface area contributed by atoms with Crippen molar-refractivity contribution < 1.29 is 13.2 Å². The molecule has 0 bridgehead atoms. The SMILES string of the molecule is Nc1ccc(Nc2ccc(F)cc2Br)c(C(F)F)c1. The molecule has 0 heterocycles. The molecule has 3 N–H and O–H groups in total. The zero-order valence-electron chi connectivity index (χ0n) is 9.63. The third kappa shape index (κ3) is 3.20. The van der Waals surface area contributed by atoms with Gasteiger partial charge in [-0.3, -0.25) is 0 Å². The number of halogens is 4. The van der Waals surface area contributed by atoms with Crippen molar-refractivity contribution in [3.63, 3.8) is 0 Å². The van der Waals surface area contributed by atoms with Gasteiger partial charge in [0.2, 0.25) is 0 Å². The number of hydrogen-bond donors (Lipinski definition) is 2. The van der Waals surface area contributed by atoms with Gasteiger partial charge in [0.25, 0.3) is 6.43 Å². The molecule has 0 aliphatic rings. The molecule has 2 aromatic carbocycles. The van der Waals surface area contributed by atoms with Gasteiger partial charge in [-0.1, -0.05) is 0 Å². The first-order valence-electron chi connectivity index (χ1n) is 5.37. The van der Waals surface area contributed by atoms with Gasteiger partial charge in [0.1, 0.15) is 5.82 Å². The van der Waals surface area contributed by atoms with Crippen molar-refractivity contribution in [1.82, 2.24) is 0 Å². The molecule has 100 valence electrons. The molecule has 0 saturated heterocycles. The Kier molecular flexibility index (Phi) is 3.99. The van der Waals surface area contributed by atoms with Gasteiger partial charge in [-0.15, -0.1) is 0 Å². The van der Waals surface area contributed by atoms with E-state index < -0.39 is 12.2 Å². The van der Waals surface area contributed by atoms with Crippen LogP contribution in [0.1, 0.15) is 12.0 Å². The Balaban J connectivity index is 2.38. The summed E-state index contributed by atoms with van der Waals surface area (Å²) in [5.74, 6) is -0.413. The average molecular weight is 331 g/mol. The Morgan fingerprint density at radius 2 is 1.74 bits per heavy atom. The van der Waals surface area contributed by atoms with E-state index in [2.05, 4.69) is 21.2 Å². The first-order valence-corrected chi connectivity index (χ1v) is 6.16. The lowest BCUT2D eigenvalue weighted by Crippen LogP contribution is -1.99. The van der Waals surface area contributed by atoms with Crippen LogP contribution in [0.2, 0.25) is 0 Å². The molecule has 0 spiro atoms. The number of hydrogen-bond acceptors (Lipinski definition) is 2. The molecule has 0 saturated carbocycles. The van der Waals surface area contributed by atoms with Crippen molar-refractivity contribution in [2.24, 2.45) is 0 Å². The smallest absolute Gasteiger partial charge is 0.265 e. The summed E-state index contributed by atoms with van der Waals surface area (Å²) in [5, 5.41) is 2.83. The molecule has 0 atom stereocenters. The minimum atomic E-state index is -2.65. The zero-order chi connectivity index (χ0) is 14.0. The highest BCUT2D eigenvalue weighted by Gasteiger charge is 2.14. The normalized spacial score (nSPS) is 10.8. The first-order chi connectivity index (χ1) is 8.97. The second-order valence-corrected chi connectivity index (χ2v) is 4.75. The molecule has 2 nitrogen and oxygen atoms in total. The number of anilines is 3. The highest BCUT2D eigenvalue weighted by atomic mass is 79.9. The summed E-state index contributed by atoms with van der Waals surface area (Å²) in [6, 6.07) is 8.15. The molecular formula is C13H10BrF3N2. The van der Waals surface area contributed by atoms with Crippen molar-refractivity contribution in [2.75, 3.05) is 11.1 Å². The fourth-order valence-corrected chi connectivity index (χ4v) is 2.06. The van der Waals surface area contributed by atoms with E-state index in [0.29, 0.717) is 10.2 Å². The minimum Gasteiger partial charge on any atom is -0.399 e. The highest BCUT2D eigenvalue weighted by Crippen LogP contribution is 2.33. The lowest BCUT2D eigenvalue weighted by molar-refractivity contribution is 0.152. The molecule has 0 unspecified atom stereocenters. The van der Waals surface area contributed by atoms with Gasteiger partial charge in [0.05, 0.1) is 5.69 Å². The molecule has 2 rings (SSSR count).